The number of hydrazone groups is 1. The lowest BCUT2D eigenvalue weighted by Gasteiger charge is -2.20. The minimum absolute atomic E-state index is 0.0265. The summed E-state index contributed by atoms with van der Waals surface area (Å²) < 4.78 is 32.6. The van der Waals surface area contributed by atoms with Crippen LogP contribution in [-0.2, 0) is 14.9 Å². The molecule has 2 heterocycles. The van der Waals surface area contributed by atoms with E-state index in [4.69, 9.17) is 14.3 Å². The number of amidine groups is 2. The quantitative estimate of drug-likeness (QED) is 0.609. The molecule has 0 aromatic heterocycles. The van der Waals surface area contributed by atoms with Crippen molar-refractivity contribution in [3.8, 4) is 11.5 Å². The zero-order valence-corrected chi connectivity index (χ0v) is 15.6. The van der Waals surface area contributed by atoms with E-state index in [0.29, 0.717) is 15.8 Å². The van der Waals surface area contributed by atoms with Crippen molar-refractivity contribution in [2.45, 2.75) is 6.92 Å². The van der Waals surface area contributed by atoms with Gasteiger partial charge in [-0.2, -0.15) is 23.5 Å². The summed E-state index contributed by atoms with van der Waals surface area (Å²) in [5.74, 6) is -0.429. The van der Waals surface area contributed by atoms with Gasteiger partial charge in [-0.3, -0.25) is 10.2 Å². The van der Waals surface area contributed by atoms with Gasteiger partial charge in [0.25, 0.3) is 5.91 Å². The molecular weight excluding hydrogens is 380 g/mol. The highest BCUT2D eigenvalue weighted by Crippen LogP contribution is 2.31. The van der Waals surface area contributed by atoms with Gasteiger partial charge in [-0.25, -0.2) is 0 Å². The summed E-state index contributed by atoms with van der Waals surface area (Å²) >= 11 is 1.22. The average molecular weight is 394 g/mol. The molecule has 0 bridgehead atoms. The van der Waals surface area contributed by atoms with E-state index in [-0.39, 0.29) is 22.9 Å². The zero-order chi connectivity index (χ0) is 19.1. The van der Waals surface area contributed by atoms with E-state index in [1.54, 1.807) is 13.0 Å². The molecule has 0 radical (unpaired) electrons. The van der Waals surface area contributed by atoms with Crippen molar-refractivity contribution in [1.82, 2.24) is 5.01 Å². The van der Waals surface area contributed by atoms with Gasteiger partial charge in [0.15, 0.2) is 17.3 Å². The van der Waals surface area contributed by atoms with E-state index in [0.717, 1.165) is 6.26 Å². The van der Waals surface area contributed by atoms with Crippen LogP contribution in [0.25, 0.3) is 6.08 Å². The van der Waals surface area contributed by atoms with Crippen LogP contribution in [0.15, 0.2) is 33.9 Å². The standard InChI is InChI=1S/C15H14N4O5S2/c1-8-18-19-13(16)10(14(20)17-15(19)25-8)6-9-4-5-11(12(7-9)23-2)24-26(3,21)22/h4-7,16H,1-3H3/b10-6-,16-13?. The maximum absolute atomic E-state index is 12.2. The van der Waals surface area contributed by atoms with Crippen molar-refractivity contribution in [3.63, 3.8) is 0 Å². The number of carbonyl (C=O) groups excluding carboxylic acids is 1. The van der Waals surface area contributed by atoms with Crippen LogP contribution < -0.4 is 8.92 Å². The van der Waals surface area contributed by atoms with Crippen LogP contribution in [0.1, 0.15) is 12.5 Å². The van der Waals surface area contributed by atoms with E-state index in [1.165, 1.54) is 42.1 Å². The number of nitrogens with zero attached hydrogens (tertiary/aromatic N) is 3. The Morgan fingerprint density at radius 1 is 1.31 bits per heavy atom. The number of amides is 1. The Kier molecular flexibility index (Phi) is 4.59. The van der Waals surface area contributed by atoms with Crippen molar-refractivity contribution in [2.24, 2.45) is 10.1 Å². The van der Waals surface area contributed by atoms with Gasteiger partial charge in [0.05, 0.1) is 24.0 Å². The first kappa shape index (κ1) is 18.1. The Balaban J connectivity index is 1.97. The van der Waals surface area contributed by atoms with Crippen molar-refractivity contribution >= 4 is 49.9 Å². The van der Waals surface area contributed by atoms with Gasteiger partial charge in [0.2, 0.25) is 5.17 Å². The molecule has 0 unspecified atom stereocenters. The van der Waals surface area contributed by atoms with Crippen LogP contribution in [-0.4, -0.2) is 48.7 Å². The third kappa shape index (κ3) is 3.63. The second-order valence-corrected chi connectivity index (χ2v) is 8.07. The highest BCUT2D eigenvalue weighted by atomic mass is 32.2. The van der Waals surface area contributed by atoms with Gasteiger partial charge >= 0.3 is 10.1 Å². The predicted molar refractivity (Wildman–Crippen MR) is 99.2 cm³/mol. The van der Waals surface area contributed by atoms with Crippen molar-refractivity contribution < 1.29 is 22.1 Å². The van der Waals surface area contributed by atoms with Gasteiger partial charge in [-0.05, 0) is 42.5 Å². The first-order valence-electron chi connectivity index (χ1n) is 7.22. The minimum atomic E-state index is -3.71. The summed E-state index contributed by atoms with van der Waals surface area (Å²) in [6.07, 6.45) is 2.39. The number of nitrogens with one attached hydrogen (secondary N) is 1. The molecule has 26 heavy (non-hydrogen) atoms. The van der Waals surface area contributed by atoms with E-state index in [2.05, 4.69) is 10.1 Å². The fourth-order valence-electron chi connectivity index (χ4n) is 2.26. The SMILES string of the molecule is COc1cc(/C=C2/C(=N)N3N=C(C)SC3=NC2=O)ccc1OS(C)(=O)=O. The summed E-state index contributed by atoms with van der Waals surface area (Å²) in [5, 5.41) is 14.7. The highest BCUT2D eigenvalue weighted by Gasteiger charge is 2.34. The molecule has 0 saturated heterocycles. The lowest BCUT2D eigenvalue weighted by Crippen LogP contribution is -2.35. The molecule has 11 heteroatoms. The summed E-state index contributed by atoms with van der Waals surface area (Å²) in [4.78, 5) is 16.2. The van der Waals surface area contributed by atoms with Crippen molar-refractivity contribution in [2.75, 3.05) is 13.4 Å². The summed E-state index contributed by atoms with van der Waals surface area (Å²) in [6.45, 7) is 1.76. The summed E-state index contributed by atoms with van der Waals surface area (Å²) in [5.41, 5.74) is 0.577. The number of benzene rings is 1. The third-order valence-electron chi connectivity index (χ3n) is 3.30. The van der Waals surface area contributed by atoms with Gasteiger partial charge < -0.3 is 8.92 Å². The second kappa shape index (κ2) is 6.57. The Morgan fingerprint density at radius 3 is 2.69 bits per heavy atom. The van der Waals surface area contributed by atoms with E-state index < -0.39 is 16.0 Å². The minimum Gasteiger partial charge on any atom is -0.493 e. The average Bonchev–Trinajstić information content (AvgIpc) is 2.91. The van der Waals surface area contributed by atoms with Crippen LogP contribution in [0.2, 0.25) is 0 Å². The molecule has 1 aromatic rings. The normalized spacial score (nSPS) is 18.6. The fourth-order valence-corrected chi connectivity index (χ4v) is 3.46. The van der Waals surface area contributed by atoms with E-state index in [1.807, 2.05) is 0 Å². The Labute approximate surface area is 154 Å². The van der Waals surface area contributed by atoms with Gasteiger partial charge in [-0.1, -0.05) is 6.07 Å². The van der Waals surface area contributed by atoms with Crippen molar-refractivity contribution in [1.29, 1.82) is 5.41 Å². The molecule has 136 valence electrons. The molecule has 2 aliphatic heterocycles. The van der Waals surface area contributed by atoms with Gasteiger partial charge in [0.1, 0.15) is 0 Å². The number of hydrogen-bond acceptors (Lipinski definition) is 8. The number of ether oxygens (including phenoxy) is 1. The molecule has 1 N–H and O–H groups in total. The monoisotopic (exact) mass is 394 g/mol. The molecular formula is C15H14N4O5S2. The largest absolute Gasteiger partial charge is 0.493 e. The van der Waals surface area contributed by atoms with Crippen LogP contribution in [0.5, 0.6) is 11.5 Å². The number of aliphatic imine (C=N–C) groups is 1. The molecule has 0 fully saturated rings. The Morgan fingerprint density at radius 2 is 2.04 bits per heavy atom. The first-order chi connectivity index (χ1) is 12.2. The maximum Gasteiger partial charge on any atom is 0.306 e. The second-order valence-electron chi connectivity index (χ2n) is 5.34. The topological polar surface area (TPSA) is 121 Å². The number of methoxy groups -OCH3 is 1. The summed E-state index contributed by atoms with van der Waals surface area (Å²) in [6, 6.07) is 4.45. The molecule has 0 saturated carbocycles. The van der Waals surface area contributed by atoms with E-state index in [9.17, 15) is 13.2 Å². The van der Waals surface area contributed by atoms with Crippen LogP contribution in [0.3, 0.4) is 0 Å². The lowest BCUT2D eigenvalue weighted by molar-refractivity contribution is -0.114. The molecule has 2 aliphatic rings. The molecule has 1 aromatic carbocycles. The van der Waals surface area contributed by atoms with Crippen LogP contribution in [0.4, 0.5) is 0 Å². The number of hydrogen-bond donors (Lipinski definition) is 1. The van der Waals surface area contributed by atoms with Crippen LogP contribution >= 0.6 is 11.8 Å². The smallest absolute Gasteiger partial charge is 0.306 e. The number of rotatable bonds is 4. The number of fused-ring (bicyclic) bond motifs is 1. The molecule has 1 amide bonds. The maximum atomic E-state index is 12.2. The Bertz CT molecular complexity index is 1010. The lowest BCUT2D eigenvalue weighted by atomic mass is 10.1. The van der Waals surface area contributed by atoms with Gasteiger partial charge in [-0.15, -0.1) is 0 Å². The Hall–Kier alpha value is -2.66. The van der Waals surface area contributed by atoms with Gasteiger partial charge in [0, 0.05) is 0 Å². The molecule has 9 nitrogen and oxygen atoms in total. The summed E-state index contributed by atoms with van der Waals surface area (Å²) in [7, 11) is -2.34. The van der Waals surface area contributed by atoms with E-state index >= 15 is 0 Å². The zero-order valence-electron chi connectivity index (χ0n) is 14.0. The van der Waals surface area contributed by atoms with Crippen LogP contribution in [0, 0.1) is 5.41 Å². The highest BCUT2D eigenvalue weighted by molar-refractivity contribution is 8.26. The number of carbonyl (C=O) groups is 1. The first-order valence-corrected chi connectivity index (χ1v) is 9.85. The molecule has 0 aliphatic carbocycles. The van der Waals surface area contributed by atoms with Crippen molar-refractivity contribution in [3.05, 3.63) is 29.3 Å². The third-order valence-corrected chi connectivity index (χ3v) is 4.60. The number of thioether (sulfide) groups is 1. The molecule has 0 spiro atoms. The predicted octanol–water partition coefficient (Wildman–Crippen LogP) is 1.67. The molecule has 0 atom stereocenters. The fraction of sp³-hybridized carbons (Fsp3) is 0.200. The molecule has 3 rings (SSSR count).